The number of nitrogens with zero attached hydrogens (tertiary/aromatic N) is 1. The van der Waals surface area contributed by atoms with E-state index in [4.69, 9.17) is 17.3 Å². The maximum absolute atomic E-state index is 14.9. The summed E-state index contributed by atoms with van der Waals surface area (Å²) in [7, 11) is -4.15. The minimum atomic E-state index is -4.15. The van der Waals surface area contributed by atoms with E-state index in [9.17, 15) is 31.2 Å². The van der Waals surface area contributed by atoms with Crippen molar-refractivity contribution in [2.45, 2.75) is 49.1 Å². The fourth-order valence-corrected chi connectivity index (χ4v) is 6.15. The maximum atomic E-state index is 14.9. The predicted octanol–water partition coefficient (Wildman–Crippen LogP) is 4.14. The molecule has 34 heavy (non-hydrogen) atoms. The average molecular weight is 515 g/mol. The van der Waals surface area contributed by atoms with Crippen LogP contribution < -0.4 is 10.6 Å². The van der Waals surface area contributed by atoms with Crippen LogP contribution in [0.2, 0.25) is 5.02 Å². The van der Waals surface area contributed by atoms with E-state index >= 15 is 0 Å². The lowest BCUT2D eigenvalue weighted by molar-refractivity contribution is -0.119. The molecule has 2 N–H and O–H groups in total. The number of halogens is 4. The van der Waals surface area contributed by atoms with Crippen LogP contribution in [0.1, 0.15) is 41.6 Å². The first kappa shape index (κ1) is 24.7. The average Bonchev–Trinajstić information content (AvgIpc) is 3.07. The molecule has 2 aromatic carbocycles. The number of hydrogen-bond donors (Lipinski definition) is 1. The maximum Gasteiger partial charge on any atom is 0.248 e. The van der Waals surface area contributed by atoms with Gasteiger partial charge < -0.3 is 10.6 Å². The molecule has 1 aliphatic heterocycles. The molecule has 6 nitrogen and oxygen atoms in total. The molecule has 2 aliphatic rings. The summed E-state index contributed by atoms with van der Waals surface area (Å²) >= 11 is 5.91. The van der Waals surface area contributed by atoms with E-state index in [2.05, 4.69) is 0 Å². The molecular weight excluding hydrogens is 493 g/mol. The van der Waals surface area contributed by atoms with E-state index in [1.807, 2.05) is 0 Å². The molecule has 1 aliphatic carbocycles. The molecule has 0 aromatic heterocycles. The van der Waals surface area contributed by atoms with Crippen LogP contribution in [0.3, 0.4) is 0 Å². The third-order valence-electron chi connectivity index (χ3n) is 6.19. The first-order valence-electron chi connectivity index (χ1n) is 10.6. The first-order valence-corrected chi connectivity index (χ1v) is 12.7. The van der Waals surface area contributed by atoms with Crippen molar-refractivity contribution in [1.29, 1.82) is 0 Å². The quantitative estimate of drug-likeness (QED) is 0.605. The third kappa shape index (κ3) is 4.99. The molecule has 0 saturated heterocycles. The van der Waals surface area contributed by atoms with Gasteiger partial charge in [0.05, 0.1) is 34.5 Å². The second-order valence-electron chi connectivity index (χ2n) is 8.83. The molecule has 0 bridgehead atoms. The van der Waals surface area contributed by atoms with Gasteiger partial charge >= 0.3 is 0 Å². The lowest BCUT2D eigenvalue weighted by atomic mass is 9.96. The molecule has 2 aromatic rings. The van der Waals surface area contributed by atoms with E-state index in [1.165, 1.54) is 0 Å². The van der Waals surface area contributed by atoms with Gasteiger partial charge in [0.2, 0.25) is 11.8 Å². The summed E-state index contributed by atoms with van der Waals surface area (Å²) in [4.78, 5) is 26.5. The van der Waals surface area contributed by atoms with Crippen LogP contribution in [-0.2, 0) is 21.2 Å². The molecule has 4 rings (SSSR count). The molecule has 1 amide bonds. The molecule has 182 valence electrons. The Balaban J connectivity index is 1.76. The number of rotatable bonds is 5. The van der Waals surface area contributed by atoms with E-state index < -0.39 is 67.9 Å². The van der Waals surface area contributed by atoms with Gasteiger partial charge in [-0.25, -0.2) is 21.6 Å². The SMILES string of the molecule is N[C@H]1CS(=O)(=O)c2cc(F)c(C(=O)C[C@H]3CCC(F)(F)C3)cc2N(Cc2ccc(Cl)cc2)C1=O. The lowest BCUT2D eigenvalue weighted by Gasteiger charge is -2.25. The highest BCUT2D eigenvalue weighted by Crippen LogP contribution is 2.41. The second kappa shape index (κ2) is 8.98. The minimum Gasteiger partial charge on any atom is -0.319 e. The lowest BCUT2D eigenvalue weighted by Crippen LogP contribution is -2.45. The van der Waals surface area contributed by atoms with Crippen molar-refractivity contribution in [3.05, 3.63) is 58.4 Å². The van der Waals surface area contributed by atoms with Gasteiger partial charge in [-0.15, -0.1) is 0 Å². The Kier molecular flexibility index (Phi) is 6.52. The van der Waals surface area contributed by atoms with Gasteiger partial charge in [-0.2, -0.15) is 0 Å². The molecule has 2 atom stereocenters. The number of ketones is 1. The summed E-state index contributed by atoms with van der Waals surface area (Å²) in [6, 6.07) is 6.78. The van der Waals surface area contributed by atoms with Crippen molar-refractivity contribution in [1.82, 2.24) is 0 Å². The van der Waals surface area contributed by atoms with Gasteiger partial charge in [0, 0.05) is 24.3 Å². The molecular formula is C23H22ClF3N2O4S. The van der Waals surface area contributed by atoms with E-state index in [-0.39, 0.29) is 31.5 Å². The van der Waals surface area contributed by atoms with Crippen LogP contribution in [0.25, 0.3) is 0 Å². The number of anilines is 1. The molecule has 1 heterocycles. The monoisotopic (exact) mass is 514 g/mol. The van der Waals surface area contributed by atoms with Crippen LogP contribution in [0, 0.1) is 11.7 Å². The summed E-state index contributed by atoms with van der Waals surface area (Å²) in [5, 5.41) is 0.457. The Morgan fingerprint density at radius 2 is 1.88 bits per heavy atom. The molecule has 0 radical (unpaired) electrons. The Morgan fingerprint density at radius 3 is 2.50 bits per heavy atom. The number of alkyl halides is 2. The van der Waals surface area contributed by atoms with Gasteiger partial charge in [0.1, 0.15) is 5.82 Å². The number of fused-ring (bicyclic) bond motifs is 1. The van der Waals surface area contributed by atoms with Crippen molar-refractivity contribution in [2.75, 3.05) is 10.7 Å². The number of nitrogens with two attached hydrogens (primary N) is 1. The topological polar surface area (TPSA) is 97.5 Å². The number of amides is 1. The molecule has 11 heteroatoms. The standard InChI is InChI=1S/C23H22ClF3N2O4S/c24-15-3-1-13(2-4-15)11-29-19-8-16(20(30)7-14-5-6-23(26,27)10-14)17(25)9-21(19)34(32,33)12-18(28)22(29)31/h1-4,8-9,14,18H,5-7,10-12,28H2/t14-,18+/m1/s1. The zero-order valence-electron chi connectivity index (χ0n) is 17.9. The largest absolute Gasteiger partial charge is 0.319 e. The molecule has 1 fully saturated rings. The fourth-order valence-electron chi connectivity index (χ4n) is 4.46. The van der Waals surface area contributed by atoms with Gasteiger partial charge in [-0.3, -0.25) is 9.59 Å². The summed E-state index contributed by atoms with van der Waals surface area (Å²) < 4.78 is 67.7. The van der Waals surface area contributed by atoms with Gasteiger partial charge in [0.25, 0.3) is 0 Å². The summed E-state index contributed by atoms with van der Waals surface area (Å²) in [5.41, 5.74) is 5.82. The van der Waals surface area contributed by atoms with E-state index in [0.717, 1.165) is 11.0 Å². The van der Waals surface area contributed by atoms with E-state index in [0.29, 0.717) is 16.7 Å². The van der Waals surface area contributed by atoms with Gasteiger partial charge in [0.15, 0.2) is 15.6 Å². The van der Waals surface area contributed by atoms with Crippen molar-refractivity contribution in [2.24, 2.45) is 11.7 Å². The number of sulfone groups is 1. The van der Waals surface area contributed by atoms with Crippen molar-refractivity contribution < 1.29 is 31.2 Å². The fraction of sp³-hybridized carbons (Fsp3) is 0.391. The van der Waals surface area contributed by atoms with Crippen molar-refractivity contribution >= 4 is 38.8 Å². The first-order chi connectivity index (χ1) is 15.9. The normalized spacial score (nSPS) is 23.4. The number of carbonyl (C=O) groups is 2. The molecule has 1 saturated carbocycles. The highest BCUT2D eigenvalue weighted by atomic mass is 35.5. The van der Waals surface area contributed by atoms with Gasteiger partial charge in [-0.1, -0.05) is 23.7 Å². The number of hydrogen-bond acceptors (Lipinski definition) is 5. The van der Waals surface area contributed by atoms with Crippen LogP contribution in [-0.4, -0.2) is 37.8 Å². The molecule has 0 spiro atoms. The van der Waals surface area contributed by atoms with Crippen LogP contribution in [0.4, 0.5) is 18.9 Å². The summed E-state index contributed by atoms with van der Waals surface area (Å²) in [6.07, 6.45) is -0.967. The number of carbonyl (C=O) groups excluding carboxylic acids is 2. The Morgan fingerprint density at radius 1 is 1.21 bits per heavy atom. The highest BCUT2D eigenvalue weighted by molar-refractivity contribution is 7.91. The zero-order chi connectivity index (χ0) is 24.8. The van der Waals surface area contributed by atoms with Crippen molar-refractivity contribution in [3.8, 4) is 0 Å². The zero-order valence-corrected chi connectivity index (χ0v) is 19.5. The van der Waals surface area contributed by atoms with Crippen LogP contribution in [0.5, 0.6) is 0 Å². The summed E-state index contributed by atoms with van der Waals surface area (Å²) in [6.45, 7) is -0.0969. The van der Waals surface area contributed by atoms with E-state index in [1.54, 1.807) is 24.3 Å². The van der Waals surface area contributed by atoms with Crippen LogP contribution >= 0.6 is 11.6 Å². The Labute approximate surface area is 199 Å². The Hall–Kier alpha value is -2.43. The number of benzene rings is 2. The minimum absolute atomic E-state index is 0.0969. The highest BCUT2D eigenvalue weighted by Gasteiger charge is 2.41. The number of Topliss-reactive ketones (excluding diaryl/α,β-unsaturated/α-hetero) is 1. The summed E-state index contributed by atoms with van der Waals surface area (Å²) in [5.74, 6) is -6.72. The van der Waals surface area contributed by atoms with Crippen LogP contribution in [0.15, 0.2) is 41.3 Å². The predicted molar refractivity (Wildman–Crippen MR) is 120 cm³/mol. The van der Waals surface area contributed by atoms with Crippen molar-refractivity contribution in [3.63, 3.8) is 0 Å². The smallest absolute Gasteiger partial charge is 0.248 e. The third-order valence-corrected chi connectivity index (χ3v) is 8.24. The molecule has 0 unspecified atom stereocenters. The second-order valence-corrected chi connectivity index (χ2v) is 11.3. The Bertz CT molecular complexity index is 1250. The van der Waals surface area contributed by atoms with Gasteiger partial charge in [-0.05, 0) is 42.2 Å².